The number of carbonyl (C=O) groups is 2. The molecule has 4 nitrogen and oxygen atoms in total. The van der Waals surface area contributed by atoms with E-state index in [4.69, 9.17) is 9.47 Å². The van der Waals surface area contributed by atoms with Crippen LogP contribution in [0.3, 0.4) is 0 Å². The van der Waals surface area contributed by atoms with Gasteiger partial charge in [0.05, 0.1) is 0 Å². The molecule has 0 aromatic rings. The van der Waals surface area contributed by atoms with E-state index in [2.05, 4.69) is 13.2 Å². The molecule has 4 heteroatoms. The molecule has 1 aliphatic carbocycles. The van der Waals surface area contributed by atoms with Gasteiger partial charge in [0.2, 0.25) is 0 Å². The van der Waals surface area contributed by atoms with E-state index in [0.29, 0.717) is 11.1 Å². The van der Waals surface area contributed by atoms with Gasteiger partial charge in [0, 0.05) is 17.1 Å². The van der Waals surface area contributed by atoms with Crippen LogP contribution < -0.4 is 0 Å². The van der Waals surface area contributed by atoms with E-state index < -0.39 is 5.97 Å². The molecule has 17 heavy (non-hydrogen) atoms. The van der Waals surface area contributed by atoms with Crippen LogP contribution in [0.5, 0.6) is 0 Å². The van der Waals surface area contributed by atoms with Gasteiger partial charge in [-0.15, -0.1) is 0 Å². The lowest BCUT2D eigenvalue weighted by Crippen LogP contribution is -2.39. The molecular formula is C13H16O4. The average molecular weight is 236 g/mol. The van der Waals surface area contributed by atoms with Crippen LogP contribution >= 0.6 is 0 Å². The van der Waals surface area contributed by atoms with Crippen molar-refractivity contribution in [2.45, 2.75) is 38.4 Å². The number of fused-ring (bicyclic) bond motifs is 1. The predicted molar refractivity (Wildman–Crippen MR) is 61.1 cm³/mol. The molecule has 2 rings (SSSR count). The number of carbonyl (C=O) groups excluding carboxylic acids is 2. The van der Waals surface area contributed by atoms with Gasteiger partial charge in [-0.25, -0.2) is 9.59 Å². The van der Waals surface area contributed by atoms with E-state index >= 15 is 0 Å². The van der Waals surface area contributed by atoms with E-state index in [9.17, 15) is 9.59 Å². The standard InChI is InChI=1S/C13H16O4/c1-7(2)12(14)16-10-6-4-5-9-8(3)13(15)17-11(9)10/h9-11H,1,3-6H2,2H3. The highest BCUT2D eigenvalue weighted by molar-refractivity contribution is 5.91. The summed E-state index contributed by atoms with van der Waals surface area (Å²) in [6.45, 7) is 8.87. The van der Waals surface area contributed by atoms with Crippen molar-refractivity contribution in [3.8, 4) is 0 Å². The molecule has 0 bridgehead atoms. The zero-order chi connectivity index (χ0) is 12.6. The molecule has 2 aliphatic rings. The van der Waals surface area contributed by atoms with Gasteiger partial charge in [0.15, 0.2) is 0 Å². The van der Waals surface area contributed by atoms with Crippen molar-refractivity contribution >= 4 is 11.9 Å². The monoisotopic (exact) mass is 236 g/mol. The number of rotatable bonds is 2. The maximum absolute atomic E-state index is 11.5. The lowest BCUT2D eigenvalue weighted by Gasteiger charge is -2.31. The Balaban J connectivity index is 2.09. The molecule has 1 aliphatic heterocycles. The van der Waals surface area contributed by atoms with E-state index in [1.807, 2.05) is 0 Å². The maximum atomic E-state index is 11.5. The summed E-state index contributed by atoms with van der Waals surface area (Å²) in [5, 5.41) is 0. The summed E-state index contributed by atoms with van der Waals surface area (Å²) >= 11 is 0. The van der Waals surface area contributed by atoms with Crippen molar-refractivity contribution in [3.05, 3.63) is 24.3 Å². The zero-order valence-corrected chi connectivity index (χ0v) is 9.90. The number of ether oxygens (including phenoxy) is 2. The first-order chi connectivity index (χ1) is 8.00. The van der Waals surface area contributed by atoms with Gasteiger partial charge in [0.1, 0.15) is 12.2 Å². The molecule has 0 aromatic heterocycles. The topological polar surface area (TPSA) is 52.6 Å². The van der Waals surface area contributed by atoms with Crippen molar-refractivity contribution < 1.29 is 19.1 Å². The van der Waals surface area contributed by atoms with Gasteiger partial charge in [0.25, 0.3) is 0 Å². The zero-order valence-electron chi connectivity index (χ0n) is 9.90. The third-order valence-electron chi connectivity index (χ3n) is 3.33. The third kappa shape index (κ3) is 2.12. The van der Waals surface area contributed by atoms with Gasteiger partial charge >= 0.3 is 11.9 Å². The Bertz CT molecular complexity index is 396. The lowest BCUT2D eigenvalue weighted by atomic mass is 9.82. The second kappa shape index (κ2) is 4.35. The summed E-state index contributed by atoms with van der Waals surface area (Å²) in [5.74, 6) is -0.790. The molecule has 0 amide bonds. The average Bonchev–Trinajstić information content (AvgIpc) is 2.57. The van der Waals surface area contributed by atoms with Crippen molar-refractivity contribution in [1.29, 1.82) is 0 Å². The third-order valence-corrected chi connectivity index (χ3v) is 3.33. The minimum Gasteiger partial charge on any atom is -0.455 e. The fourth-order valence-corrected chi connectivity index (χ4v) is 2.37. The first-order valence-electron chi connectivity index (χ1n) is 5.77. The van der Waals surface area contributed by atoms with E-state index in [1.54, 1.807) is 6.92 Å². The van der Waals surface area contributed by atoms with Crippen LogP contribution in [0.1, 0.15) is 26.2 Å². The normalized spacial score (nSPS) is 31.7. The molecule has 3 unspecified atom stereocenters. The van der Waals surface area contributed by atoms with Gasteiger partial charge in [-0.05, 0) is 26.2 Å². The van der Waals surface area contributed by atoms with E-state index in [0.717, 1.165) is 19.3 Å². The van der Waals surface area contributed by atoms with Crippen molar-refractivity contribution in [1.82, 2.24) is 0 Å². The Morgan fingerprint density at radius 3 is 2.82 bits per heavy atom. The van der Waals surface area contributed by atoms with Crippen LogP contribution in [-0.2, 0) is 19.1 Å². The van der Waals surface area contributed by atoms with Crippen LogP contribution in [0.2, 0.25) is 0 Å². The van der Waals surface area contributed by atoms with Gasteiger partial charge in [-0.2, -0.15) is 0 Å². The van der Waals surface area contributed by atoms with E-state index in [1.165, 1.54) is 0 Å². The Morgan fingerprint density at radius 2 is 2.18 bits per heavy atom. The molecular weight excluding hydrogens is 220 g/mol. The van der Waals surface area contributed by atoms with Gasteiger partial charge in [-0.1, -0.05) is 13.2 Å². The minimum atomic E-state index is -0.427. The second-order valence-electron chi connectivity index (χ2n) is 4.66. The Hall–Kier alpha value is -1.58. The fourth-order valence-electron chi connectivity index (χ4n) is 2.37. The maximum Gasteiger partial charge on any atom is 0.334 e. The SMILES string of the molecule is C=C(C)C(=O)OC1CCCC2C(=C)C(=O)OC12. The molecule has 1 saturated carbocycles. The molecule has 1 heterocycles. The van der Waals surface area contributed by atoms with Crippen molar-refractivity contribution in [2.24, 2.45) is 5.92 Å². The van der Waals surface area contributed by atoms with Crippen LogP contribution in [0.4, 0.5) is 0 Å². The van der Waals surface area contributed by atoms with Crippen LogP contribution in [-0.4, -0.2) is 24.1 Å². The molecule has 3 atom stereocenters. The number of hydrogen-bond acceptors (Lipinski definition) is 4. The predicted octanol–water partition coefficient (Wildman–Crippen LogP) is 1.76. The molecule has 2 fully saturated rings. The Labute approximate surface area is 100 Å². The summed E-state index contributed by atoms with van der Waals surface area (Å²) in [6, 6.07) is 0. The largest absolute Gasteiger partial charge is 0.455 e. The first kappa shape index (κ1) is 11.9. The van der Waals surface area contributed by atoms with Crippen molar-refractivity contribution in [3.63, 3.8) is 0 Å². The molecule has 1 saturated heterocycles. The fraction of sp³-hybridized carbons (Fsp3) is 0.538. The highest BCUT2D eigenvalue weighted by atomic mass is 16.6. The summed E-state index contributed by atoms with van der Waals surface area (Å²) in [6.07, 6.45) is 1.79. The van der Waals surface area contributed by atoms with Crippen LogP contribution in [0.25, 0.3) is 0 Å². The highest BCUT2D eigenvalue weighted by Crippen LogP contribution is 2.39. The minimum absolute atomic E-state index is 0.000767. The number of hydrogen-bond donors (Lipinski definition) is 0. The van der Waals surface area contributed by atoms with Gasteiger partial charge < -0.3 is 9.47 Å². The Morgan fingerprint density at radius 1 is 1.47 bits per heavy atom. The van der Waals surface area contributed by atoms with E-state index in [-0.39, 0.29) is 24.1 Å². The van der Waals surface area contributed by atoms with Crippen LogP contribution in [0.15, 0.2) is 24.3 Å². The quantitative estimate of drug-likeness (QED) is 0.541. The Kier molecular flexibility index (Phi) is 3.05. The van der Waals surface area contributed by atoms with Gasteiger partial charge in [-0.3, -0.25) is 0 Å². The summed E-state index contributed by atoms with van der Waals surface area (Å²) in [4.78, 5) is 22.9. The number of esters is 2. The molecule has 92 valence electrons. The summed E-state index contributed by atoms with van der Waals surface area (Å²) < 4.78 is 10.5. The second-order valence-corrected chi connectivity index (χ2v) is 4.66. The summed E-state index contributed by atoms with van der Waals surface area (Å²) in [7, 11) is 0. The molecule has 0 spiro atoms. The molecule has 0 radical (unpaired) electrons. The molecule has 0 aromatic carbocycles. The smallest absolute Gasteiger partial charge is 0.334 e. The first-order valence-corrected chi connectivity index (χ1v) is 5.77. The summed E-state index contributed by atoms with van der Waals surface area (Å²) in [5.41, 5.74) is 0.862. The van der Waals surface area contributed by atoms with Crippen molar-refractivity contribution in [2.75, 3.05) is 0 Å². The highest BCUT2D eigenvalue weighted by Gasteiger charge is 2.46. The lowest BCUT2D eigenvalue weighted by molar-refractivity contribution is -0.162. The van der Waals surface area contributed by atoms with Crippen LogP contribution in [0, 0.1) is 5.92 Å². The molecule has 0 N–H and O–H groups in total.